The summed E-state index contributed by atoms with van der Waals surface area (Å²) in [5.74, 6) is 0. The maximum absolute atomic E-state index is 9.78. The predicted octanol–water partition coefficient (Wildman–Crippen LogP) is -0.406. The molecular weight excluding hydrogens is 210 g/mol. The molecule has 0 radical (unpaired) electrons. The van der Waals surface area contributed by atoms with Crippen LogP contribution in [0.1, 0.15) is 33.1 Å². The van der Waals surface area contributed by atoms with Crippen molar-refractivity contribution < 1.29 is 20.1 Å². The maximum atomic E-state index is 9.78. The first kappa shape index (κ1) is 13.9. The topological polar surface area (TPSA) is 82.0 Å². The number of unbranched alkanes of at least 4 members (excludes halogenated alkanes) is 2. The molecule has 4 N–H and O–H groups in total. The molecule has 1 rings (SSSR count). The van der Waals surface area contributed by atoms with E-state index >= 15 is 0 Å². The highest BCUT2D eigenvalue weighted by molar-refractivity contribution is 4.91. The third-order valence-corrected chi connectivity index (χ3v) is 3.03. The molecule has 0 aromatic carbocycles. The van der Waals surface area contributed by atoms with Crippen LogP contribution in [0, 0.1) is 0 Å². The van der Waals surface area contributed by atoms with Gasteiger partial charge in [-0.1, -0.05) is 19.8 Å². The SMILES string of the molecule is CCCCCN[C@H]1[C@H](O)[C@H](O)C(O)O[C@@H]1C. The van der Waals surface area contributed by atoms with Crippen LogP contribution < -0.4 is 5.32 Å². The fraction of sp³-hybridized carbons (Fsp3) is 1.00. The number of hydrogen-bond donors (Lipinski definition) is 4. The van der Waals surface area contributed by atoms with Crippen molar-refractivity contribution in [1.82, 2.24) is 5.32 Å². The second kappa shape index (κ2) is 6.51. The molecule has 96 valence electrons. The van der Waals surface area contributed by atoms with Crippen LogP contribution in [0.15, 0.2) is 0 Å². The molecule has 1 aliphatic heterocycles. The Hall–Kier alpha value is -0.200. The van der Waals surface area contributed by atoms with Gasteiger partial charge in [-0.3, -0.25) is 0 Å². The number of rotatable bonds is 5. The van der Waals surface area contributed by atoms with Crippen LogP contribution in [0.2, 0.25) is 0 Å². The van der Waals surface area contributed by atoms with E-state index in [0.717, 1.165) is 25.8 Å². The minimum Gasteiger partial charge on any atom is -0.388 e. The van der Waals surface area contributed by atoms with Gasteiger partial charge in [0.2, 0.25) is 0 Å². The monoisotopic (exact) mass is 233 g/mol. The lowest BCUT2D eigenvalue weighted by Gasteiger charge is -2.40. The predicted molar refractivity (Wildman–Crippen MR) is 59.9 cm³/mol. The van der Waals surface area contributed by atoms with E-state index in [9.17, 15) is 15.3 Å². The van der Waals surface area contributed by atoms with Gasteiger partial charge in [-0.15, -0.1) is 0 Å². The van der Waals surface area contributed by atoms with Crippen molar-refractivity contribution in [3.8, 4) is 0 Å². The van der Waals surface area contributed by atoms with Gasteiger partial charge in [0.25, 0.3) is 0 Å². The second-order valence-electron chi connectivity index (χ2n) is 4.40. The molecule has 1 aliphatic rings. The number of aliphatic hydroxyl groups excluding tert-OH is 3. The third kappa shape index (κ3) is 3.40. The highest BCUT2D eigenvalue weighted by Gasteiger charge is 2.41. The molecule has 0 aliphatic carbocycles. The van der Waals surface area contributed by atoms with E-state index in [1.54, 1.807) is 6.92 Å². The fourth-order valence-corrected chi connectivity index (χ4v) is 1.97. The van der Waals surface area contributed by atoms with Gasteiger partial charge >= 0.3 is 0 Å². The van der Waals surface area contributed by atoms with Crippen molar-refractivity contribution in [2.75, 3.05) is 6.54 Å². The molecular formula is C11H23NO4. The Balaban J connectivity index is 2.38. The van der Waals surface area contributed by atoms with Gasteiger partial charge in [0, 0.05) is 0 Å². The van der Waals surface area contributed by atoms with E-state index in [1.165, 1.54) is 0 Å². The van der Waals surface area contributed by atoms with Gasteiger partial charge in [0.05, 0.1) is 12.1 Å². The maximum Gasteiger partial charge on any atom is 0.183 e. The molecule has 0 amide bonds. The number of nitrogens with one attached hydrogen (secondary N) is 1. The summed E-state index contributed by atoms with van der Waals surface area (Å²) in [6.45, 7) is 4.68. The Labute approximate surface area is 96.4 Å². The Morgan fingerprint density at radius 2 is 1.81 bits per heavy atom. The summed E-state index contributed by atoms with van der Waals surface area (Å²) in [6.07, 6.45) is -0.516. The van der Waals surface area contributed by atoms with Crippen LogP contribution in [0.5, 0.6) is 0 Å². The highest BCUT2D eigenvalue weighted by atomic mass is 16.6. The molecule has 0 saturated carbocycles. The molecule has 0 aromatic heterocycles. The average Bonchev–Trinajstić information content (AvgIpc) is 2.25. The Bertz CT molecular complexity index is 202. The van der Waals surface area contributed by atoms with Crippen molar-refractivity contribution in [3.05, 3.63) is 0 Å². The zero-order valence-corrected chi connectivity index (χ0v) is 9.97. The summed E-state index contributed by atoms with van der Waals surface area (Å²) in [7, 11) is 0. The molecule has 1 unspecified atom stereocenters. The van der Waals surface area contributed by atoms with Crippen LogP contribution in [-0.2, 0) is 4.74 Å². The molecule has 1 saturated heterocycles. The molecule has 5 heteroatoms. The van der Waals surface area contributed by atoms with Crippen molar-refractivity contribution in [3.63, 3.8) is 0 Å². The van der Waals surface area contributed by atoms with Gasteiger partial charge in [-0.2, -0.15) is 0 Å². The second-order valence-corrected chi connectivity index (χ2v) is 4.40. The van der Waals surface area contributed by atoms with E-state index in [-0.39, 0.29) is 12.1 Å². The van der Waals surface area contributed by atoms with E-state index in [0.29, 0.717) is 0 Å². The quantitative estimate of drug-likeness (QED) is 0.486. The van der Waals surface area contributed by atoms with E-state index < -0.39 is 18.5 Å². The number of hydrogen-bond acceptors (Lipinski definition) is 5. The van der Waals surface area contributed by atoms with Crippen LogP contribution in [0.3, 0.4) is 0 Å². The average molecular weight is 233 g/mol. The van der Waals surface area contributed by atoms with Gasteiger partial charge in [0.15, 0.2) is 6.29 Å². The lowest BCUT2D eigenvalue weighted by molar-refractivity contribution is -0.253. The zero-order valence-electron chi connectivity index (χ0n) is 9.97. The van der Waals surface area contributed by atoms with Crippen molar-refractivity contribution in [1.29, 1.82) is 0 Å². The minimum atomic E-state index is -1.29. The Kier molecular flexibility index (Phi) is 5.64. The summed E-state index contributed by atoms with van der Waals surface area (Å²) in [5.41, 5.74) is 0. The van der Waals surface area contributed by atoms with Gasteiger partial charge < -0.3 is 25.4 Å². The first-order valence-corrected chi connectivity index (χ1v) is 6.01. The molecule has 1 fully saturated rings. The lowest BCUT2D eigenvalue weighted by atomic mass is 9.97. The molecule has 0 bridgehead atoms. The fourth-order valence-electron chi connectivity index (χ4n) is 1.97. The third-order valence-electron chi connectivity index (χ3n) is 3.03. The van der Waals surface area contributed by atoms with E-state index in [1.807, 2.05) is 0 Å². The van der Waals surface area contributed by atoms with Crippen LogP contribution >= 0.6 is 0 Å². The molecule has 1 heterocycles. The van der Waals surface area contributed by atoms with Gasteiger partial charge in [-0.25, -0.2) is 0 Å². The molecule has 16 heavy (non-hydrogen) atoms. The molecule has 5 nitrogen and oxygen atoms in total. The largest absolute Gasteiger partial charge is 0.388 e. The smallest absolute Gasteiger partial charge is 0.183 e. The number of ether oxygens (including phenoxy) is 1. The number of aliphatic hydroxyl groups is 3. The van der Waals surface area contributed by atoms with E-state index in [4.69, 9.17) is 4.74 Å². The lowest BCUT2D eigenvalue weighted by Crippen LogP contribution is -2.61. The summed E-state index contributed by atoms with van der Waals surface area (Å²) >= 11 is 0. The van der Waals surface area contributed by atoms with Gasteiger partial charge in [-0.05, 0) is 19.9 Å². The van der Waals surface area contributed by atoms with Crippen molar-refractivity contribution >= 4 is 0 Å². The molecule has 0 aromatic rings. The normalized spacial score (nSPS) is 39.9. The zero-order chi connectivity index (χ0) is 12.1. The Morgan fingerprint density at radius 3 is 2.44 bits per heavy atom. The molecule has 5 atom stereocenters. The van der Waals surface area contributed by atoms with E-state index in [2.05, 4.69) is 12.2 Å². The first-order chi connectivity index (χ1) is 7.57. The summed E-state index contributed by atoms with van der Waals surface area (Å²) < 4.78 is 5.12. The highest BCUT2D eigenvalue weighted by Crippen LogP contribution is 2.19. The van der Waals surface area contributed by atoms with Crippen LogP contribution in [0.25, 0.3) is 0 Å². The van der Waals surface area contributed by atoms with Crippen molar-refractivity contribution in [2.45, 2.75) is 63.8 Å². The molecule has 0 spiro atoms. The van der Waals surface area contributed by atoms with Crippen molar-refractivity contribution in [2.24, 2.45) is 0 Å². The van der Waals surface area contributed by atoms with Gasteiger partial charge in [0.1, 0.15) is 12.2 Å². The Morgan fingerprint density at radius 1 is 1.12 bits per heavy atom. The minimum absolute atomic E-state index is 0.310. The summed E-state index contributed by atoms with van der Waals surface area (Å²) in [5, 5.41) is 31.7. The first-order valence-electron chi connectivity index (χ1n) is 6.01. The van der Waals surface area contributed by atoms with Crippen LogP contribution in [0.4, 0.5) is 0 Å². The standard InChI is InChI=1S/C11H23NO4/c1-3-4-5-6-12-8-7(2)16-11(15)10(14)9(8)13/h7-15H,3-6H2,1-2H3/t7-,8-,9+,10+,11?/m1/s1. The van der Waals surface area contributed by atoms with Crippen LogP contribution in [-0.4, -0.2) is 52.5 Å². The summed E-state index contributed by atoms with van der Waals surface area (Å²) in [6, 6.07) is -0.324. The summed E-state index contributed by atoms with van der Waals surface area (Å²) in [4.78, 5) is 0.